The Hall–Kier alpha value is -1.45. The summed E-state index contributed by atoms with van der Waals surface area (Å²) >= 11 is 0. The van der Waals surface area contributed by atoms with Crippen molar-refractivity contribution in [3.63, 3.8) is 0 Å². The normalized spacial score (nSPS) is 9.42. The molecule has 0 amide bonds. The van der Waals surface area contributed by atoms with E-state index >= 15 is 0 Å². The first kappa shape index (κ1) is 8.65. The molecule has 0 saturated heterocycles. The lowest BCUT2D eigenvalue weighted by Crippen LogP contribution is -2.15. The number of rotatable bonds is 2. The van der Waals surface area contributed by atoms with Gasteiger partial charge in [0.25, 0.3) is 0 Å². The summed E-state index contributed by atoms with van der Waals surface area (Å²) in [7, 11) is 3.29. The fourth-order valence-corrected chi connectivity index (χ4v) is 1.00. The second-order valence-corrected chi connectivity index (χ2v) is 2.49. The number of carboxylic acid groups (broad SMARTS) is 1. The maximum Gasteiger partial charge on any atom is 0.335 e. The van der Waals surface area contributed by atoms with E-state index in [9.17, 15) is 4.79 Å². The molecule has 4 heteroatoms. The van der Waals surface area contributed by atoms with Crippen LogP contribution in [0.1, 0.15) is 10.4 Å². The maximum atomic E-state index is 10.6. The summed E-state index contributed by atoms with van der Waals surface area (Å²) in [5.41, 5.74) is 1.03. The van der Waals surface area contributed by atoms with Crippen LogP contribution < -0.4 is 10.2 Å². The van der Waals surface area contributed by atoms with Gasteiger partial charge < -0.3 is 9.84 Å². The van der Waals surface area contributed by atoms with Crippen molar-refractivity contribution < 1.29 is 14.6 Å². The van der Waals surface area contributed by atoms with Gasteiger partial charge in [-0.15, -0.1) is 0 Å². The van der Waals surface area contributed by atoms with Gasteiger partial charge in [-0.1, -0.05) is 5.46 Å². The Bertz CT molecular complexity index is 309. The number of benzene rings is 1. The molecule has 1 aromatic rings. The topological polar surface area (TPSA) is 46.5 Å². The lowest BCUT2D eigenvalue weighted by atomic mass is 9.90. The van der Waals surface area contributed by atoms with Crippen molar-refractivity contribution >= 4 is 19.3 Å². The summed E-state index contributed by atoms with van der Waals surface area (Å²) in [6.07, 6.45) is 0. The van der Waals surface area contributed by atoms with Gasteiger partial charge in [-0.3, -0.25) is 0 Å². The third-order valence-electron chi connectivity index (χ3n) is 1.66. The summed E-state index contributed by atoms with van der Waals surface area (Å²) < 4.78 is 4.94. The van der Waals surface area contributed by atoms with Crippen LogP contribution in [-0.2, 0) is 0 Å². The van der Waals surface area contributed by atoms with Gasteiger partial charge in [0.2, 0.25) is 0 Å². The summed E-state index contributed by atoms with van der Waals surface area (Å²) in [6, 6.07) is 4.87. The highest BCUT2D eigenvalue weighted by Crippen LogP contribution is 2.08. The third kappa shape index (κ3) is 1.58. The van der Waals surface area contributed by atoms with Crippen molar-refractivity contribution in [2.45, 2.75) is 0 Å². The Morgan fingerprint density at radius 1 is 1.58 bits per heavy atom. The number of carboxylic acids is 1. The van der Waals surface area contributed by atoms with Crippen LogP contribution in [0.25, 0.3) is 0 Å². The summed E-state index contributed by atoms with van der Waals surface area (Å²) in [5, 5.41) is 8.69. The number of ether oxygens (including phenoxy) is 1. The van der Waals surface area contributed by atoms with E-state index in [4.69, 9.17) is 9.84 Å². The second kappa shape index (κ2) is 3.30. The van der Waals surface area contributed by atoms with Crippen LogP contribution in [0.4, 0.5) is 0 Å². The highest BCUT2D eigenvalue weighted by molar-refractivity contribution is 6.36. The molecule has 12 heavy (non-hydrogen) atoms. The predicted molar refractivity (Wildman–Crippen MR) is 48.1 cm³/mol. The van der Waals surface area contributed by atoms with E-state index in [0.29, 0.717) is 16.8 Å². The SMILES string of the molecule is Bc1cc(OC)ccc1C(=O)O. The fourth-order valence-electron chi connectivity index (χ4n) is 1.00. The van der Waals surface area contributed by atoms with Gasteiger partial charge >= 0.3 is 5.97 Å². The van der Waals surface area contributed by atoms with Gasteiger partial charge in [0.1, 0.15) is 13.6 Å². The molecule has 3 nitrogen and oxygen atoms in total. The first-order valence-electron chi connectivity index (χ1n) is 3.53. The monoisotopic (exact) mass is 164 g/mol. The Morgan fingerprint density at radius 2 is 2.25 bits per heavy atom. The van der Waals surface area contributed by atoms with Gasteiger partial charge in [-0.25, -0.2) is 4.79 Å². The molecule has 1 N–H and O–H groups in total. The van der Waals surface area contributed by atoms with Gasteiger partial charge in [0, 0.05) is 0 Å². The van der Waals surface area contributed by atoms with Gasteiger partial charge in [0.15, 0.2) is 0 Å². The highest BCUT2D eigenvalue weighted by Gasteiger charge is 2.06. The largest absolute Gasteiger partial charge is 0.497 e. The van der Waals surface area contributed by atoms with Crippen molar-refractivity contribution in [1.82, 2.24) is 0 Å². The molecule has 62 valence electrons. The van der Waals surface area contributed by atoms with Crippen molar-refractivity contribution in [2.75, 3.05) is 7.11 Å². The Balaban J connectivity index is 3.12. The van der Waals surface area contributed by atoms with E-state index < -0.39 is 5.97 Å². The summed E-state index contributed by atoms with van der Waals surface area (Å²) in [5.74, 6) is -0.229. The molecule has 0 fully saturated rings. The molecular weight excluding hydrogens is 155 g/mol. The number of methoxy groups -OCH3 is 1. The van der Waals surface area contributed by atoms with Crippen molar-refractivity contribution in [1.29, 1.82) is 0 Å². The molecule has 0 aliphatic carbocycles. The minimum atomic E-state index is -0.907. The van der Waals surface area contributed by atoms with E-state index in [0.717, 1.165) is 0 Å². The van der Waals surface area contributed by atoms with E-state index in [1.54, 1.807) is 27.1 Å². The lowest BCUT2D eigenvalue weighted by Gasteiger charge is -2.03. The smallest absolute Gasteiger partial charge is 0.335 e. The van der Waals surface area contributed by atoms with Crippen LogP contribution in [0.5, 0.6) is 5.75 Å². The minimum absolute atomic E-state index is 0.316. The van der Waals surface area contributed by atoms with E-state index in [-0.39, 0.29) is 0 Å². The number of hydrogen-bond donors (Lipinski definition) is 1. The molecule has 0 aliphatic rings. The standard InChI is InChI=1S/C8H9BO3/c1-12-5-2-3-6(8(10)11)7(9)4-5/h2-4H,9H2,1H3,(H,10,11). The molecule has 0 aromatic heterocycles. The van der Waals surface area contributed by atoms with Gasteiger partial charge in [-0.2, -0.15) is 0 Å². The van der Waals surface area contributed by atoms with E-state index in [2.05, 4.69) is 0 Å². The van der Waals surface area contributed by atoms with Crippen LogP contribution in [0.15, 0.2) is 18.2 Å². The predicted octanol–water partition coefficient (Wildman–Crippen LogP) is -0.348. The van der Waals surface area contributed by atoms with E-state index in [1.807, 2.05) is 0 Å². The average Bonchev–Trinajstić information content (AvgIpc) is 2.03. The molecule has 0 atom stereocenters. The Kier molecular flexibility index (Phi) is 2.38. The lowest BCUT2D eigenvalue weighted by molar-refractivity contribution is 0.0698. The van der Waals surface area contributed by atoms with Crippen LogP contribution in [-0.4, -0.2) is 26.0 Å². The van der Waals surface area contributed by atoms with Crippen LogP contribution >= 0.6 is 0 Å². The molecule has 1 aromatic carbocycles. The summed E-state index contributed by atoms with van der Waals surface area (Å²) in [4.78, 5) is 10.6. The van der Waals surface area contributed by atoms with Crippen LogP contribution in [0.2, 0.25) is 0 Å². The average molecular weight is 164 g/mol. The molecule has 0 heterocycles. The molecule has 0 aliphatic heterocycles. The van der Waals surface area contributed by atoms with Gasteiger partial charge in [-0.05, 0) is 18.2 Å². The van der Waals surface area contributed by atoms with Crippen molar-refractivity contribution in [2.24, 2.45) is 0 Å². The quantitative estimate of drug-likeness (QED) is 0.607. The van der Waals surface area contributed by atoms with Crippen LogP contribution in [0, 0.1) is 0 Å². The van der Waals surface area contributed by atoms with Crippen molar-refractivity contribution in [3.8, 4) is 5.75 Å². The minimum Gasteiger partial charge on any atom is -0.497 e. The zero-order valence-corrected chi connectivity index (χ0v) is 7.00. The number of hydrogen-bond acceptors (Lipinski definition) is 2. The second-order valence-electron chi connectivity index (χ2n) is 2.49. The molecule has 0 bridgehead atoms. The molecule has 0 spiro atoms. The Morgan fingerprint density at radius 3 is 2.67 bits per heavy atom. The first-order valence-corrected chi connectivity index (χ1v) is 3.53. The van der Waals surface area contributed by atoms with Crippen molar-refractivity contribution in [3.05, 3.63) is 23.8 Å². The molecule has 1 rings (SSSR count). The first-order chi connectivity index (χ1) is 5.65. The fraction of sp³-hybridized carbons (Fsp3) is 0.125. The molecule has 0 saturated carbocycles. The number of aromatic carboxylic acids is 1. The van der Waals surface area contributed by atoms with Crippen LogP contribution in [0.3, 0.4) is 0 Å². The Labute approximate surface area is 71.4 Å². The molecule has 0 unspecified atom stereocenters. The van der Waals surface area contributed by atoms with E-state index in [1.165, 1.54) is 6.07 Å². The molecular formula is C8H9BO3. The summed E-state index contributed by atoms with van der Waals surface area (Å²) in [6.45, 7) is 0. The molecule has 0 radical (unpaired) electrons. The zero-order chi connectivity index (χ0) is 9.14. The van der Waals surface area contributed by atoms with Gasteiger partial charge in [0.05, 0.1) is 12.7 Å². The zero-order valence-electron chi connectivity index (χ0n) is 7.00. The highest BCUT2D eigenvalue weighted by atomic mass is 16.5. The third-order valence-corrected chi connectivity index (χ3v) is 1.66. The number of carbonyl (C=O) groups is 1. The maximum absolute atomic E-state index is 10.6.